The third-order valence-electron chi connectivity index (χ3n) is 3.45. The molecule has 3 nitrogen and oxygen atoms in total. The van der Waals surface area contributed by atoms with Crippen molar-refractivity contribution in [2.24, 2.45) is 0 Å². The van der Waals surface area contributed by atoms with Crippen LogP contribution in [0.1, 0.15) is 37.6 Å². The van der Waals surface area contributed by atoms with Crippen molar-refractivity contribution in [3.63, 3.8) is 0 Å². The topological polar surface area (TPSA) is 32.3 Å². The average molecular weight is 287 g/mol. The predicted octanol–water partition coefficient (Wildman–Crippen LogP) is 3.06. The predicted molar refractivity (Wildman–Crippen MR) is 76.2 cm³/mol. The lowest BCUT2D eigenvalue weighted by Gasteiger charge is -2.33. The summed E-state index contributed by atoms with van der Waals surface area (Å²) < 4.78 is 0.838. The molecule has 0 saturated carbocycles. The van der Waals surface area contributed by atoms with Crippen molar-refractivity contribution < 1.29 is 4.79 Å². The molecule has 2 rings (SSSR count). The third-order valence-corrected chi connectivity index (χ3v) is 4.86. The minimum atomic E-state index is 0.187. The van der Waals surface area contributed by atoms with E-state index in [1.165, 1.54) is 4.88 Å². The van der Waals surface area contributed by atoms with Crippen LogP contribution >= 0.6 is 22.9 Å². The first-order valence-corrected chi connectivity index (χ1v) is 7.52. The number of nitrogens with one attached hydrogen (secondary N) is 1. The summed E-state index contributed by atoms with van der Waals surface area (Å²) in [4.78, 5) is 14.4. The highest BCUT2D eigenvalue weighted by molar-refractivity contribution is 7.16. The molecule has 1 aliphatic rings. The van der Waals surface area contributed by atoms with Gasteiger partial charge < -0.3 is 10.2 Å². The largest absolute Gasteiger partial charge is 0.343 e. The molecule has 0 bridgehead atoms. The van der Waals surface area contributed by atoms with E-state index in [2.05, 4.69) is 18.3 Å². The lowest BCUT2D eigenvalue weighted by Crippen LogP contribution is -2.44. The van der Waals surface area contributed by atoms with E-state index in [1.54, 1.807) is 18.3 Å². The number of piperidine rings is 1. The Kier molecular flexibility index (Phi) is 4.65. The van der Waals surface area contributed by atoms with Gasteiger partial charge in [-0.15, -0.1) is 11.3 Å². The van der Waals surface area contributed by atoms with Crippen LogP contribution in [-0.4, -0.2) is 29.9 Å². The highest BCUT2D eigenvalue weighted by atomic mass is 35.5. The molecule has 0 spiro atoms. The van der Waals surface area contributed by atoms with Gasteiger partial charge in [0.25, 0.3) is 0 Å². The average Bonchev–Trinajstić information content (AvgIpc) is 2.76. The summed E-state index contributed by atoms with van der Waals surface area (Å²) in [5, 5.41) is 3.62. The molecule has 1 amide bonds. The Bertz CT molecular complexity index is 413. The quantitative estimate of drug-likeness (QED) is 0.926. The second-order valence-corrected chi connectivity index (χ2v) is 6.56. The highest BCUT2D eigenvalue weighted by Crippen LogP contribution is 2.27. The fraction of sp³-hybridized carbons (Fsp3) is 0.615. The second kappa shape index (κ2) is 6.04. The second-order valence-electron chi connectivity index (χ2n) is 4.81. The SMILES string of the molecule is CC(=O)N1CCC(NC(C)c2ccc(Cl)s2)CC1. The van der Waals surface area contributed by atoms with Gasteiger partial charge in [0.15, 0.2) is 0 Å². The van der Waals surface area contributed by atoms with Gasteiger partial charge in [-0.05, 0) is 31.9 Å². The van der Waals surface area contributed by atoms with Gasteiger partial charge in [0.2, 0.25) is 5.91 Å². The maximum Gasteiger partial charge on any atom is 0.219 e. The Morgan fingerprint density at radius 1 is 1.50 bits per heavy atom. The van der Waals surface area contributed by atoms with Gasteiger partial charge in [0.1, 0.15) is 0 Å². The van der Waals surface area contributed by atoms with E-state index in [0.29, 0.717) is 12.1 Å². The molecule has 0 aliphatic carbocycles. The summed E-state index contributed by atoms with van der Waals surface area (Å²) in [5.41, 5.74) is 0. The van der Waals surface area contributed by atoms with Crippen LogP contribution in [0.15, 0.2) is 12.1 Å². The van der Waals surface area contributed by atoms with E-state index >= 15 is 0 Å². The van der Waals surface area contributed by atoms with E-state index in [-0.39, 0.29) is 5.91 Å². The van der Waals surface area contributed by atoms with Gasteiger partial charge in [0, 0.05) is 37.0 Å². The van der Waals surface area contributed by atoms with Crippen LogP contribution in [0.5, 0.6) is 0 Å². The first-order valence-electron chi connectivity index (χ1n) is 6.33. The summed E-state index contributed by atoms with van der Waals surface area (Å²) >= 11 is 7.58. The minimum Gasteiger partial charge on any atom is -0.343 e. The molecule has 2 heterocycles. The van der Waals surface area contributed by atoms with Gasteiger partial charge >= 0.3 is 0 Å². The summed E-state index contributed by atoms with van der Waals surface area (Å²) in [6, 6.07) is 4.85. The van der Waals surface area contributed by atoms with Crippen LogP contribution < -0.4 is 5.32 Å². The first-order chi connectivity index (χ1) is 8.56. The number of halogens is 1. The molecular weight excluding hydrogens is 268 g/mol. The molecule has 100 valence electrons. The van der Waals surface area contributed by atoms with Gasteiger partial charge in [-0.1, -0.05) is 11.6 Å². The number of hydrogen-bond donors (Lipinski definition) is 1. The van der Waals surface area contributed by atoms with Crippen molar-refractivity contribution in [2.75, 3.05) is 13.1 Å². The van der Waals surface area contributed by atoms with Crippen molar-refractivity contribution in [1.29, 1.82) is 0 Å². The number of likely N-dealkylation sites (tertiary alicyclic amines) is 1. The molecule has 1 fully saturated rings. The first kappa shape index (κ1) is 13.8. The van der Waals surface area contributed by atoms with Crippen LogP contribution in [-0.2, 0) is 4.79 Å². The molecule has 1 N–H and O–H groups in total. The summed E-state index contributed by atoms with van der Waals surface area (Å²) in [7, 11) is 0. The van der Waals surface area contributed by atoms with Crippen molar-refractivity contribution >= 4 is 28.8 Å². The van der Waals surface area contributed by atoms with Crippen molar-refractivity contribution in [1.82, 2.24) is 10.2 Å². The Labute approximate surface area is 117 Å². The number of nitrogens with zero attached hydrogens (tertiary/aromatic N) is 1. The molecule has 5 heteroatoms. The molecule has 1 unspecified atom stereocenters. The van der Waals surface area contributed by atoms with Crippen LogP contribution in [0, 0.1) is 0 Å². The van der Waals surface area contributed by atoms with E-state index in [4.69, 9.17) is 11.6 Å². The summed E-state index contributed by atoms with van der Waals surface area (Å²) in [6.07, 6.45) is 2.06. The zero-order chi connectivity index (χ0) is 13.1. The van der Waals surface area contributed by atoms with Crippen LogP contribution in [0.3, 0.4) is 0 Å². The Hall–Kier alpha value is -0.580. The van der Waals surface area contributed by atoms with Crippen molar-refractivity contribution in [2.45, 2.75) is 38.8 Å². The van der Waals surface area contributed by atoms with Gasteiger partial charge in [-0.2, -0.15) is 0 Å². The molecule has 18 heavy (non-hydrogen) atoms. The van der Waals surface area contributed by atoms with Crippen LogP contribution in [0.2, 0.25) is 4.34 Å². The lowest BCUT2D eigenvalue weighted by molar-refractivity contribution is -0.129. The molecule has 0 aromatic carbocycles. The molecule has 1 atom stereocenters. The Balaban J connectivity index is 1.83. The van der Waals surface area contributed by atoms with Crippen LogP contribution in [0.25, 0.3) is 0 Å². The van der Waals surface area contributed by atoms with Crippen molar-refractivity contribution in [3.05, 3.63) is 21.3 Å². The van der Waals surface area contributed by atoms with E-state index in [1.807, 2.05) is 11.0 Å². The fourth-order valence-corrected chi connectivity index (χ4v) is 3.43. The summed E-state index contributed by atoms with van der Waals surface area (Å²) in [5.74, 6) is 0.187. The summed E-state index contributed by atoms with van der Waals surface area (Å²) in [6.45, 7) is 5.54. The number of hydrogen-bond acceptors (Lipinski definition) is 3. The van der Waals surface area contributed by atoms with Crippen molar-refractivity contribution in [3.8, 4) is 0 Å². The maximum atomic E-state index is 11.2. The normalized spacial score (nSPS) is 18.9. The van der Waals surface area contributed by atoms with E-state index in [9.17, 15) is 4.79 Å². The van der Waals surface area contributed by atoms with Gasteiger partial charge in [-0.3, -0.25) is 4.79 Å². The molecule has 0 radical (unpaired) electrons. The van der Waals surface area contributed by atoms with E-state index in [0.717, 1.165) is 30.3 Å². The van der Waals surface area contributed by atoms with Crippen LogP contribution in [0.4, 0.5) is 0 Å². The van der Waals surface area contributed by atoms with E-state index < -0.39 is 0 Å². The number of carbonyl (C=O) groups is 1. The highest BCUT2D eigenvalue weighted by Gasteiger charge is 2.22. The molecular formula is C13H19ClN2OS. The monoisotopic (exact) mass is 286 g/mol. The molecule has 1 aromatic rings. The molecule has 1 aromatic heterocycles. The van der Waals surface area contributed by atoms with Gasteiger partial charge in [-0.25, -0.2) is 0 Å². The lowest BCUT2D eigenvalue weighted by atomic mass is 10.0. The molecule has 1 aliphatic heterocycles. The molecule has 1 saturated heterocycles. The third kappa shape index (κ3) is 3.46. The maximum absolute atomic E-state index is 11.2. The zero-order valence-electron chi connectivity index (χ0n) is 10.8. The standard InChI is InChI=1S/C13H19ClN2OS/c1-9(12-3-4-13(14)18-12)15-11-5-7-16(8-6-11)10(2)17/h3-4,9,11,15H,5-8H2,1-2H3. The minimum absolute atomic E-state index is 0.187. The number of rotatable bonds is 3. The number of amides is 1. The Morgan fingerprint density at radius 3 is 2.67 bits per heavy atom. The zero-order valence-corrected chi connectivity index (χ0v) is 12.4. The number of carbonyl (C=O) groups excluding carboxylic acids is 1. The van der Waals surface area contributed by atoms with Gasteiger partial charge in [0.05, 0.1) is 4.34 Å². The smallest absolute Gasteiger partial charge is 0.219 e. The fourth-order valence-electron chi connectivity index (χ4n) is 2.36. The number of thiophene rings is 1. The Morgan fingerprint density at radius 2 is 2.17 bits per heavy atom.